The maximum atomic E-state index is 4.32. The second kappa shape index (κ2) is 3.07. The van der Waals surface area contributed by atoms with Gasteiger partial charge in [0.15, 0.2) is 0 Å². The van der Waals surface area contributed by atoms with Gasteiger partial charge in [0.1, 0.15) is 5.82 Å². The summed E-state index contributed by atoms with van der Waals surface area (Å²) in [7, 11) is 2.08. The molecule has 0 radical (unpaired) electrons. The van der Waals surface area contributed by atoms with Gasteiger partial charge in [-0.15, -0.1) is 0 Å². The highest BCUT2D eigenvalue weighted by Crippen LogP contribution is 2.14. The van der Waals surface area contributed by atoms with E-state index in [1.54, 1.807) is 0 Å². The van der Waals surface area contributed by atoms with E-state index in [0.29, 0.717) is 5.92 Å². The molecule has 0 bridgehead atoms. The van der Waals surface area contributed by atoms with Crippen molar-refractivity contribution in [3.05, 3.63) is 17.7 Å². The number of rotatable bonds is 2. The zero-order valence-corrected chi connectivity index (χ0v) is 7.76. The van der Waals surface area contributed by atoms with Crippen LogP contribution in [0.4, 0.5) is 0 Å². The molecular formula is C9H16N2. The van der Waals surface area contributed by atoms with Gasteiger partial charge in [0.2, 0.25) is 0 Å². The molecule has 2 nitrogen and oxygen atoms in total. The molecule has 62 valence electrons. The molecule has 0 N–H and O–H groups in total. The van der Waals surface area contributed by atoms with Crippen LogP contribution < -0.4 is 0 Å². The van der Waals surface area contributed by atoms with E-state index in [9.17, 15) is 0 Å². The van der Waals surface area contributed by atoms with E-state index in [-0.39, 0.29) is 0 Å². The highest BCUT2D eigenvalue weighted by atomic mass is 15.1. The van der Waals surface area contributed by atoms with Gasteiger partial charge in [0.05, 0.1) is 0 Å². The lowest BCUT2D eigenvalue weighted by molar-refractivity contribution is 0.708. The molecule has 2 heteroatoms. The summed E-state index contributed by atoms with van der Waals surface area (Å²) in [6, 6.07) is 0. The average Bonchev–Trinajstić information content (AvgIpc) is 2.30. The summed E-state index contributed by atoms with van der Waals surface area (Å²) in [5, 5.41) is 0. The van der Waals surface area contributed by atoms with E-state index in [1.807, 2.05) is 6.20 Å². The second-order valence-electron chi connectivity index (χ2n) is 3.17. The number of hydrogen-bond acceptors (Lipinski definition) is 1. The van der Waals surface area contributed by atoms with Crippen LogP contribution in [0.1, 0.15) is 38.2 Å². The first-order valence-electron chi connectivity index (χ1n) is 4.17. The molecule has 1 rings (SSSR count). The molecular weight excluding hydrogens is 136 g/mol. The smallest absolute Gasteiger partial charge is 0.108 e. The maximum Gasteiger partial charge on any atom is 0.108 e. The number of aromatic nitrogens is 2. The monoisotopic (exact) mass is 152 g/mol. The van der Waals surface area contributed by atoms with Crippen molar-refractivity contribution in [3.8, 4) is 0 Å². The van der Waals surface area contributed by atoms with Crippen molar-refractivity contribution < 1.29 is 0 Å². The molecule has 0 aromatic carbocycles. The highest BCUT2D eigenvalue weighted by Gasteiger charge is 2.06. The van der Waals surface area contributed by atoms with Crippen LogP contribution in [0.15, 0.2) is 6.20 Å². The Kier molecular flexibility index (Phi) is 2.32. The third-order valence-corrected chi connectivity index (χ3v) is 2.03. The third-order valence-electron chi connectivity index (χ3n) is 2.03. The molecule has 11 heavy (non-hydrogen) atoms. The normalized spacial score (nSPS) is 11.0. The zero-order chi connectivity index (χ0) is 8.43. The van der Waals surface area contributed by atoms with Crippen LogP contribution in [0.5, 0.6) is 0 Å². The minimum Gasteiger partial charge on any atom is -0.335 e. The minimum atomic E-state index is 0.577. The fourth-order valence-electron chi connectivity index (χ4n) is 1.33. The van der Waals surface area contributed by atoms with Crippen molar-refractivity contribution in [3.63, 3.8) is 0 Å². The van der Waals surface area contributed by atoms with Gasteiger partial charge >= 0.3 is 0 Å². The van der Waals surface area contributed by atoms with E-state index in [0.717, 1.165) is 6.42 Å². The Balaban J connectivity index is 3.00. The highest BCUT2D eigenvalue weighted by molar-refractivity contribution is 5.08. The van der Waals surface area contributed by atoms with E-state index in [4.69, 9.17) is 0 Å². The predicted molar refractivity (Wildman–Crippen MR) is 46.7 cm³/mol. The van der Waals surface area contributed by atoms with Crippen LogP contribution in [0.25, 0.3) is 0 Å². The summed E-state index contributed by atoms with van der Waals surface area (Å²) in [6.07, 6.45) is 2.99. The molecule has 0 fully saturated rings. The topological polar surface area (TPSA) is 17.8 Å². The Morgan fingerprint density at radius 2 is 2.18 bits per heavy atom. The van der Waals surface area contributed by atoms with Crippen LogP contribution in [-0.4, -0.2) is 9.55 Å². The number of imidazole rings is 1. The third kappa shape index (κ3) is 1.44. The summed E-state index contributed by atoms with van der Waals surface area (Å²) >= 11 is 0. The van der Waals surface area contributed by atoms with Crippen LogP contribution in [0, 0.1) is 0 Å². The second-order valence-corrected chi connectivity index (χ2v) is 3.17. The molecule has 0 aliphatic carbocycles. The average molecular weight is 152 g/mol. The molecule has 0 spiro atoms. The molecule has 1 aromatic heterocycles. The molecule has 1 aromatic rings. The Hall–Kier alpha value is -0.790. The van der Waals surface area contributed by atoms with Crippen molar-refractivity contribution >= 4 is 0 Å². The quantitative estimate of drug-likeness (QED) is 0.634. The summed E-state index contributed by atoms with van der Waals surface area (Å²) in [5.74, 6) is 1.75. The van der Waals surface area contributed by atoms with Gasteiger partial charge < -0.3 is 4.57 Å². The molecule has 0 aliphatic rings. The molecule has 0 unspecified atom stereocenters. The molecule has 0 saturated heterocycles. The summed E-state index contributed by atoms with van der Waals surface area (Å²) in [6.45, 7) is 6.51. The SMILES string of the molecule is CCc1ncc(C(C)C)n1C. The van der Waals surface area contributed by atoms with E-state index < -0.39 is 0 Å². The molecule has 1 heterocycles. The van der Waals surface area contributed by atoms with Gasteiger partial charge in [-0.1, -0.05) is 20.8 Å². The van der Waals surface area contributed by atoms with Crippen molar-refractivity contribution in [1.82, 2.24) is 9.55 Å². The van der Waals surface area contributed by atoms with E-state index in [1.165, 1.54) is 11.5 Å². The van der Waals surface area contributed by atoms with Gasteiger partial charge in [0.25, 0.3) is 0 Å². The fourth-order valence-corrected chi connectivity index (χ4v) is 1.33. The Labute approximate surface area is 68.3 Å². The van der Waals surface area contributed by atoms with Crippen LogP contribution in [0.3, 0.4) is 0 Å². The predicted octanol–water partition coefficient (Wildman–Crippen LogP) is 2.11. The van der Waals surface area contributed by atoms with E-state index in [2.05, 4.69) is 37.4 Å². The Morgan fingerprint density at radius 1 is 1.55 bits per heavy atom. The lowest BCUT2D eigenvalue weighted by atomic mass is 10.1. The lowest BCUT2D eigenvalue weighted by Gasteiger charge is -2.06. The van der Waals surface area contributed by atoms with Gasteiger partial charge in [-0.25, -0.2) is 4.98 Å². The summed E-state index contributed by atoms with van der Waals surface area (Å²) in [4.78, 5) is 4.32. The largest absolute Gasteiger partial charge is 0.335 e. The number of hydrogen-bond donors (Lipinski definition) is 0. The minimum absolute atomic E-state index is 0.577. The molecule has 0 amide bonds. The van der Waals surface area contributed by atoms with Crippen molar-refractivity contribution in [2.45, 2.75) is 33.1 Å². The molecule has 0 atom stereocenters. The van der Waals surface area contributed by atoms with E-state index >= 15 is 0 Å². The Bertz CT molecular complexity index is 236. The number of aryl methyl sites for hydroxylation is 1. The molecule has 0 aliphatic heterocycles. The standard InChI is InChI=1S/C9H16N2/c1-5-9-10-6-8(7(2)3)11(9)4/h6-7H,5H2,1-4H3. The van der Waals surface area contributed by atoms with Gasteiger partial charge in [-0.05, 0) is 5.92 Å². The molecule has 0 saturated carbocycles. The van der Waals surface area contributed by atoms with Crippen LogP contribution >= 0.6 is 0 Å². The van der Waals surface area contributed by atoms with Crippen molar-refractivity contribution in [1.29, 1.82) is 0 Å². The first kappa shape index (κ1) is 8.31. The van der Waals surface area contributed by atoms with Crippen molar-refractivity contribution in [2.75, 3.05) is 0 Å². The van der Waals surface area contributed by atoms with Crippen LogP contribution in [-0.2, 0) is 13.5 Å². The first-order chi connectivity index (χ1) is 5.16. The van der Waals surface area contributed by atoms with Gasteiger partial charge in [0, 0.05) is 25.4 Å². The van der Waals surface area contributed by atoms with Gasteiger partial charge in [-0.2, -0.15) is 0 Å². The maximum absolute atomic E-state index is 4.32. The summed E-state index contributed by atoms with van der Waals surface area (Å²) < 4.78 is 2.19. The van der Waals surface area contributed by atoms with Gasteiger partial charge in [-0.3, -0.25) is 0 Å². The summed E-state index contributed by atoms with van der Waals surface area (Å²) in [5.41, 5.74) is 1.32. The first-order valence-corrected chi connectivity index (χ1v) is 4.17. The van der Waals surface area contributed by atoms with Crippen LogP contribution in [0.2, 0.25) is 0 Å². The number of nitrogens with zero attached hydrogens (tertiary/aromatic N) is 2. The Morgan fingerprint density at radius 3 is 2.45 bits per heavy atom. The van der Waals surface area contributed by atoms with Crippen molar-refractivity contribution in [2.24, 2.45) is 7.05 Å². The zero-order valence-electron chi connectivity index (χ0n) is 7.76. The fraction of sp³-hybridized carbons (Fsp3) is 0.667. The lowest BCUT2D eigenvalue weighted by Crippen LogP contribution is -2.01.